The van der Waals surface area contributed by atoms with Gasteiger partial charge in [-0.1, -0.05) is 6.07 Å². The molecule has 1 aromatic carbocycles. The summed E-state index contributed by atoms with van der Waals surface area (Å²) in [6, 6.07) is 3.45. The van der Waals surface area contributed by atoms with E-state index in [2.05, 4.69) is 0 Å². The molecule has 21 heavy (non-hydrogen) atoms. The first-order valence-electron chi connectivity index (χ1n) is 6.33. The maximum absolute atomic E-state index is 13.5. The number of nitrogens with two attached hydrogens (primary N) is 1. The van der Waals surface area contributed by atoms with E-state index >= 15 is 0 Å². The first-order chi connectivity index (χ1) is 9.75. The monoisotopic (exact) mass is 300 g/mol. The Kier molecular flexibility index (Phi) is 5.60. The summed E-state index contributed by atoms with van der Waals surface area (Å²) in [6.45, 7) is 1.44. The van der Waals surface area contributed by atoms with Crippen LogP contribution >= 0.6 is 0 Å². The number of halogens is 1. The van der Waals surface area contributed by atoms with Gasteiger partial charge in [0.1, 0.15) is 5.54 Å². The summed E-state index contributed by atoms with van der Waals surface area (Å²) in [5.41, 5.74) is 3.78. The van der Waals surface area contributed by atoms with E-state index in [1.807, 2.05) is 0 Å². The van der Waals surface area contributed by atoms with E-state index in [1.54, 1.807) is 0 Å². The smallest absolute Gasteiger partial charge is 0.323 e. The average molecular weight is 300 g/mol. The molecule has 0 fully saturated rings. The topological polar surface area (TPSA) is 116 Å². The van der Waals surface area contributed by atoms with Crippen LogP contribution < -0.4 is 10.5 Å². The number of carboxylic acids is 1. The predicted octanol–water partition coefficient (Wildman–Crippen LogP) is 2.08. The minimum absolute atomic E-state index is 0.0392. The van der Waals surface area contributed by atoms with Crippen molar-refractivity contribution in [2.24, 2.45) is 5.73 Å². The first-order valence-corrected chi connectivity index (χ1v) is 6.33. The molecule has 0 heterocycles. The third-order valence-corrected chi connectivity index (χ3v) is 2.97. The van der Waals surface area contributed by atoms with Crippen LogP contribution in [0.25, 0.3) is 0 Å². The summed E-state index contributed by atoms with van der Waals surface area (Å²) in [7, 11) is 0. The van der Waals surface area contributed by atoms with Gasteiger partial charge in [-0.3, -0.25) is 14.9 Å². The molecule has 1 unspecified atom stereocenters. The largest absolute Gasteiger partial charge is 0.485 e. The molecule has 0 aliphatic rings. The number of nitrogens with zero attached hydrogens (tertiary/aromatic N) is 1. The molecule has 3 N–H and O–H groups in total. The number of nitro groups is 1. The number of carboxylic acid groups (broad SMARTS) is 1. The number of para-hydroxylation sites is 1. The van der Waals surface area contributed by atoms with Gasteiger partial charge in [0, 0.05) is 6.07 Å². The standard InChI is InChI=1S/C13H17FN2O5/c1-13(15,12(17)18)7-2-3-8-21-11-9(14)5-4-6-10(11)16(19)20/h4-6H,2-3,7-8,15H2,1H3,(H,17,18). The Bertz CT molecular complexity index is 533. The van der Waals surface area contributed by atoms with Crippen molar-refractivity contribution in [1.82, 2.24) is 0 Å². The lowest BCUT2D eigenvalue weighted by Gasteiger charge is -2.18. The predicted molar refractivity (Wildman–Crippen MR) is 72.6 cm³/mol. The maximum Gasteiger partial charge on any atom is 0.323 e. The van der Waals surface area contributed by atoms with Gasteiger partial charge in [0.15, 0.2) is 5.82 Å². The number of hydrogen-bond acceptors (Lipinski definition) is 5. The van der Waals surface area contributed by atoms with Crippen LogP contribution in [0.15, 0.2) is 18.2 Å². The number of benzene rings is 1. The second-order valence-electron chi connectivity index (χ2n) is 4.87. The molecule has 0 amide bonds. The van der Waals surface area contributed by atoms with Gasteiger partial charge in [0.05, 0.1) is 11.5 Å². The minimum atomic E-state index is -1.33. The second-order valence-corrected chi connectivity index (χ2v) is 4.87. The summed E-state index contributed by atoms with van der Waals surface area (Å²) in [6.07, 6.45) is 1.08. The minimum Gasteiger partial charge on any atom is -0.485 e. The third-order valence-electron chi connectivity index (χ3n) is 2.97. The average Bonchev–Trinajstić information content (AvgIpc) is 2.39. The summed E-state index contributed by atoms with van der Waals surface area (Å²) in [5.74, 6) is -2.32. The van der Waals surface area contributed by atoms with Gasteiger partial charge >= 0.3 is 11.7 Å². The van der Waals surface area contributed by atoms with Crippen molar-refractivity contribution in [1.29, 1.82) is 0 Å². The molecule has 0 saturated carbocycles. The zero-order chi connectivity index (χ0) is 16.0. The number of ether oxygens (including phenoxy) is 1. The Hall–Kier alpha value is -2.22. The zero-order valence-corrected chi connectivity index (χ0v) is 11.5. The van der Waals surface area contributed by atoms with Crippen molar-refractivity contribution < 1.29 is 24.0 Å². The molecule has 0 aliphatic carbocycles. The van der Waals surface area contributed by atoms with Gasteiger partial charge in [-0.05, 0) is 32.3 Å². The molecule has 7 nitrogen and oxygen atoms in total. The van der Waals surface area contributed by atoms with Crippen molar-refractivity contribution >= 4 is 11.7 Å². The number of rotatable bonds is 8. The highest BCUT2D eigenvalue weighted by molar-refractivity contribution is 5.77. The number of nitro benzene ring substituents is 1. The van der Waals surface area contributed by atoms with Gasteiger partial charge in [0.2, 0.25) is 5.75 Å². The van der Waals surface area contributed by atoms with Crippen molar-refractivity contribution in [2.45, 2.75) is 31.7 Å². The second kappa shape index (κ2) is 6.98. The number of aliphatic carboxylic acids is 1. The molecule has 1 aromatic rings. The maximum atomic E-state index is 13.5. The van der Waals surface area contributed by atoms with Crippen molar-refractivity contribution in [3.8, 4) is 5.75 Å². The summed E-state index contributed by atoms with van der Waals surface area (Å²) in [5, 5.41) is 19.6. The molecule has 0 aromatic heterocycles. The van der Waals surface area contributed by atoms with Gasteiger partial charge in [-0.25, -0.2) is 4.39 Å². The molecule has 116 valence electrons. The summed E-state index contributed by atoms with van der Waals surface area (Å²) >= 11 is 0. The number of unbranched alkanes of at least 4 members (excludes halogenated alkanes) is 1. The lowest BCUT2D eigenvalue weighted by Crippen LogP contribution is -2.44. The number of carbonyl (C=O) groups is 1. The van der Waals surface area contributed by atoms with Crippen LogP contribution in [0.2, 0.25) is 0 Å². The Morgan fingerprint density at radius 1 is 1.52 bits per heavy atom. The SMILES string of the molecule is CC(N)(CCCCOc1c(F)cccc1[N+](=O)[O-])C(=O)O. The first kappa shape index (κ1) is 16.8. The lowest BCUT2D eigenvalue weighted by molar-refractivity contribution is -0.386. The molecular formula is C13H17FN2O5. The zero-order valence-electron chi connectivity index (χ0n) is 11.5. The summed E-state index contributed by atoms with van der Waals surface area (Å²) < 4.78 is 18.6. The molecule has 0 aliphatic heterocycles. The summed E-state index contributed by atoms with van der Waals surface area (Å²) in [4.78, 5) is 20.8. The molecule has 1 rings (SSSR count). The van der Waals surface area contributed by atoms with E-state index in [0.717, 1.165) is 12.1 Å². The highest BCUT2D eigenvalue weighted by atomic mass is 19.1. The fourth-order valence-electron chi connectivity index (χ4n) is 1.66. The molecular weight excluding hydrogens is 283 g/mol. The lowest BCUT2D eigenvalue weighted by atomic mass is 9.97. The highest BCUT2D eigenvalue weighted by Gasteiger charge is 2.27. The molecule has 8 heteroatoms. The van der Waals surface area contributed by atoms with Crippen LogP contribution in [0.4, 0.5) is 10.1 Å². The van der Waals surface area contributed by atoms with E-state index < -0.39 is 33.7 Å². The van der Waals surface area contributed by atoms with Gasteiger partial charge in [0.25, 0.3) is 0 Å². The van der Waals surface area contributed by atoms with E-state index in [4.69, 9.17) is 15.6 Å². The number of hydrogen-bond donors (Lipinski definition) is 2. The quantitative estimate of drug-likeness (QED) is 0.431. The molecule has 0 bridgehead atoms. The van der Waals surface area contributed by atoms with Crippen LogP contribution in [-0.4, -0.2) is 28.1 Å². The highest BCUT2D eigenvalue weighted by Crippen LogP contribution is 2.29. The Morgan fingerprint density at radius 2 is 2.19 bits per heavy atom. The van der Waals surface area contributed by atoms with Crippen LogP contribution in [0.3, 0.4) is 0 Å². The van der Waals surface area contributed by atoms with Crippen molar-refractivity contribution in [3.05, 3.63) is 34.1 Å². The molecule has 0 spiro atoms. The third kappa shape index (κ3) is 4.67. The fraction of sp³-hybridized carbons (Fsp3) is 0.462. The van der Waals surface area contributed by atoms with Gasteiger partial charge in [-0.2, -0.15) is 0 Å². The van der Waals surface area contributed by atoms with E-state index in [9.17, 15) is 19.3 Å². The van der Waals surface area contributed by atoms with E-state index in [0.29, 0.717) is 12.8 Å². The molecule has 0 radical (unpaired) electrons. The van der Waals surface area contributed by atoms with Crippen LogP contribution in [-0.2, 0) is 4.79 Å². The van der Waals surface area contributed by atoms with E-state index in [1.165, 1.54) is 13.0 Å². The molecule has 1 atom stereocenters. The van der Waals surface area contributed by atoms with Crippen LogP contribution in [0.1, 0.15) is 26.2 Å². The van der Waals surface area contributed by atoms with E-state index in [-0.39, 0.29) is 13.0 Å². The normalized spacial score (nSPS) is 13.5. The Morgan fingerprint density at radius 3 is 2.76 bits per heavy atom. The Labute approximate surface area is 120 Å². The fourth-order valence-corrected chi connectivity index (χ4v) is 1.66. The van der Waals surface area contributed by atoms with Crippen molar-refractivity contribution in [3.63, 3.8) is 0 Å². The van der Waals surface area contributed by atoms with Gasteiger partial charge in [-0.15, -0.1) is 0 Å². The Balaban J connectivity index is 2.51. The molecule has 0 saturated heterocycles. The van der Waals surface area contributed by atoms with Crippen LogP contribution in [0.5, 0.6) is 5.75 Å². The van der Waals surface area contributed by atoms with Crippen molar-refractivity contribution in [2.75, 3.05) is 6.61 Å². The van der Waals surface area contributed by atoms with Gasteiger partial charge < -0.3 is 15.6 Å². The van der Waals surface area contributed by atoms with Crippen LogP contribution in [0, 0.1) is 15.9 Å².